The van der Waals surface area contributed by atoms with Gasteiger partial charge in [-0.05, 0) is 49.4 Å². The third kappa shape index (κ3) is 1.49. The number of amides is 1. The Kier molecular flexibility index (Phi) is 2.49. The van der Waals surface area contributed by atoms with Crippen molar-refractivity contribution in [2.24, 2.45) is 29.6 Å². The minimum absolute atomic E-state index is 0.138. The Hall–Kier alpha value is -0.530. The molecule has 3 aliphatic rings. The molecule has 1 amide bonds. The summed E-state index contributed by atoms with van der Waals surface area (Å²) in [5.74, 6) is 4.13. The Bertz CT molecular complexity index is 299. The number of carbonyl (C=O) groups is 1. The quantitative estimate of drug-likeness (QED) is 0.763. The summed E-state index contributed by atoms with van der Waals surface area (Å²) in [6, 6.07) is 0.513. The highest BCUT2D eigenvalue weighted by molar-refractivity contribution is 5.78. The predicted octanol–water partition coefficient (Wildman–Crippen LogP) is 2.58. The van der Waals surface area contributed by atoms with Crippen LogP contribution in [0.25, 0.3) is 0 Å². The zero-order valence-corrected chi connectivity index (χ0v) is 10.4. The molecular formula is C14H23NO. The summed E-state index contributed by atoms with van der Waals surface area (Å²) in [5, 5.41) is 3.28. The normalized spacial score (nSPS) is 45.1. The molecule has 16 heavy (non-hydrogen) atoms. The summed E-state index contributed by atoms with van der Waals surface area (Å²) in [6.45, 7) is 3.97. The van der Waals surface area contributed by atoms with Gasteiger partial charge in [0, 0.05) is 12.0 Å². The topological polar surface area (TPSA) is 29.1 Å². The average Bonchev–Trinajstić information content (AvgIpc) is 2.87. The molecule has 3 saturated carbocycles. The number of carbonyl (C=O) groups excluding carboxylic acids is 1. The maximum absolute atomic E-state index is 11.8. The summed E-state index contributed by atoms with van der Waals surface area (Å²) < 4.78 is 0. The second kappa shape index (κ2) is 3.75. The van der Waals surface area contributed by atoms with E-state index >= 15 is 0 Å². The first-order chi connectivity index (χ1) is 7.66. The van der Waals surface area contributed by atoms with Gasteiger partial charge in [-0.2, -0.15) is 0 Å². The van der Waals surface area contributed by atoms with Crippen molar-refractivity contribution < 1.29 is 4.79 Å². The van der Waals surface area contributed by atoms with Gasteiger partial charge >= 0.3 is 0 Å². The third-order valence-corrected chi connectivity index (χ3v) is 5.28. The molecule has 0 aromatic heterocycles. The van der Waals surface area contributed by atoms with Gasteiger partial charge in [0.1, 0.15) is 0 Å². The number of rotatable bonds is 2. The maximum Gasteiger partial charge on any atom is 0.222 e. The minimum atomic E-state index is 0.138. The zero-order chi connectivity index (χ0) is 11.3. The lowest BCUT2D eigenvalue weighted by Gasteiger charge is -2.32. The van der Waals surface area contributed by atoms with Crippen LogP contribution in [-0.4, -0.2) is 11.9 Å². The summed E-state index contributed by atoms with van der Waals surface area (Å²) in [7, 11) is 0. The number of nitrogens with one attached hydrogen (secondary N) is 1. The molecule has 1 N–H and O–H groups in total. The molecule has 0 heterocycles. The van der Waals surface area contributed by atoms with Crippen LogP contribution < -0.4 is 5.32 Å². The first-order valence-electron chi connectivity index (χ1n) is 6.97. The van der Waals surface area contributed by atoms with Crippen LogP contribution in [0.4, 0.5) is 0 Å². The van der Waals surface area contributed by atoms with Gasteiger partial charge < -0.3 is 5.32 Å². The van der Waals surface area contributed by atoms with Crippen LogP contribution in [0.1, 0.15) is 46.0 Å². The second-order valence-electron chi connectivity index (χ2n) is 6.42. The van der Waals surface area contributed by atoms with Crippen molar-refractivity contribution in [3.05, 3.63) is 0 Å². The van der Waals surface area contributed by atoms with Crippen molar-refractivity contribution >= 4 is 5.91 Å². The van der Waals surface area contributed by atoms with Gasteiger partial charge in [0.05, 0.1) is 0 Å². The second-order valence-corrected chi connectivity index (χ2v) is 6.42. The van der Waals surface area contributed by atoms with E-state index in [1.165, 1.54) is 32.1 Å². The van der Waals surface area contributed by atoms with Crippen molar-refractivity contribution in [3.8, 4) is 0 Å². The van der Waals surface area contributed by atoms with Crippen molar-refractivity contribution in [2.75, 3.05) is 0 Å². The molecule has 0 unspecified atom stereocenters. The number of hydrogen-bond acceptors (Lipinski definition) is 1. The molecule has 0 aliphatic heterocycles. The van der Waals surface area contributed by atoms with Crippen LogP contribution in [0.15, 0.2) is 0 Å². The van der Waals surface area contributed by atoms with E-state index in [0.717, 1.165) is 23.7 Å². The van der Waals surface area contributed by atoms with Crippen molar-refractivity contribution in [1.29, 1.82) is 0 Å². The fraction of sp³-hybridized carbons (Fsp3) is 0.929. The minimum Gasteiger partial charge on any atom is -0.353 e. The van der Waals surface area contributed by atoms with E-state index in [0.29, 0.717) is 6.04 Å². The van der Waals surface area contributed by atoms with Crippen molar-refractivity contribution in [2.45, 2.75) is 52.0 Å². The van der Waals surface area contributed by atoms with Gasteiger partial charge in [0.2, 0.25) is 5.91 Å². The van der Waals surface area contributed by atoms with E-state index in [1.54, 1.807) is 0 Å². The lowest BCUT2D eigenvalue weighted by atomic mass is 9.79. The van der Waals surface area contributed by atoms with Gasteiger partial charge in [0.15, 0.2) is 0 Å². The number of fused-ring (bicyclic) bond motifs is 5. The van der Waals surface area contributed by atoms with Gasteiger partial charge in [-0.15, -0.1) is 0 Å². The Morgan fingerprint density at radius 2 is 1.88 bits per heavy atom. The fourth-order valence-corrected chi connectivity index (χ4v) is 4.58. The van der Waals surface area contributed by atoms with E-state index < -0.39 is 0 Å². The van der Waals surface area contributed by atoms with E-state index in [4.69, 9.17) is 0 Å². The van der Waals surface area contributed by atoms with Crippen LogP contribution in [0.5, 0.6) is 0 Å². The standard InChI is InChI=1S/C14H23NO/c1-8(2)14(16)15-13-7-9-6-12(13)11-5-3-4-10(9)11/h8-13H,3-7H2,1-2H3,(H,15,16)/t9-,10+,11+,12+,13-/m1/s1. The maximum atomic E-state index is 11.8. The van der Waals surface area contributed by atoms with Crippen molar-refractivity contribution in [1.82, 2.24) is 5.32 Å². The summed E-state index contributed by atoms with van der Waals surface area (Å²) in [4.78, 5) is 11.8. The first kappa shape index (κ1) is 10.6. The fourth-order valence-electron chi connectivity index (χ4n) is 4.58. The molecule has 3 fully saturated rings. The first-order valence-corrected chi connectivity index (χ1v) is 6.97. The van der Waals surface area contributed by atoms with Crippen LogP contribution in [0.2, 0.25) is 0 Å². The van der Waals surface area contributed by atoms with E-state index in [2.05, 4.69) is 5.32 Å². The highest BCUT2D eigenvalue weighted by atomic mass is 16.1. The highest BCUT2D eigenvalue weighted by Gasteiger charge is 2.53. The molecule has 5 atom stereocenters. The lowest BCUT2D eigenvalue weighted by Crippen LogP contribution is -2.43. The van der Waals surface area contributed by atoms with E-state index in [-0.39, 0.29) is 11.8 Å². The Morgan fingerprint density at radius 3 is 2.62 bits per heavy atom. The smallest absolute Gasteiger partial charge is 0.222 e. The molecule has 3 rings (SSSR count). The molecule has 3 aliphatic carbocycles. The molecule has 0 saturated heterocycles. The molecule has 90 valence electrons. The van der Waals surface area contributed by atoms with E-state index in [9.17, 15) is 4.79 Å². The van der Waals surface area contributed by atoms with E-state index in [1.807, 2.05) is 13.8 Å². The largest absolute Gasteiger partial charge is 0.353 e. The Labute approximate surface area is 98.2 Å². The van der Waals surface area contributed by atoms with Crippen LogP contribution >= 0.6 is 0 Å². The van der Waals surface area contributed by atoms with Crippen LogP contribution in [0.3, 0.4) is 0 Å². The average molecular weight is 221 g/mol. The van der Waals surface area contributed by atoms with Gasteiger partial charge in [-0.3, -0.25) is 4.79 Å². The SMILES string of the molecule is CC(C)C(=O)N[C@@H]1C[C@H]2C[C@H]1[C@H]1CCC[C@@H]21. The third-order valence-electron chi connectivity index (χ3n) is 5.28. The molecule has 2 nitrogen and oxygen atoms in total. The summed E-state index contributed by atoms with van der Waals surface area (Å²) in [6.07, 6.45) is 7.01. The Morgan fingerprint density at radius 1 is 1.12 bits per heavy atom. The zero-order valence-electron chi connectivity index (χ0n) is 10.4. The summed E-state index contributed by atoms with van der Waals surface area (Å²) in [5.41, 5.74) is 0. The molecule has 2 heteroatoms. The van der Waals surface area contributed by atoms with Gasteiger partial charge in [0.25, 0.3) is 0 Å². The van der Waals surface area contributed by atoms with Crippen LogP contribution in [0, 0.1) is 29.6 Å². The molecule has 2 bridgehead atoms. The highest BCUT2D eigenvalue weighted by Crippen LogP contribution is 2.58. The van der Waals surface area contributed by atoms with Gasteiger partial charge in [-0.25, -0.2) is 0 Å². The van der Waals surface area contributed by atoms with Crippen molar-refractivity contribution in [3.63, 3.8) is 0 Å². The Balaban J connectivity index is 1.66. The molecule has 0 aromatic carbocycles. The van der Waals surface area contributed by atoms with Gasteiger partial charge in [-0.1, -0.05) is 20.3 Å². The molecular weight excluding hydrogens is 198 g/mol. The molecule has 0 spiro atoms. The predicted molar refractivity (Wildman–Crippen MR) is 63.8 cm³/mol. The lowest BCUT2D eigenvalue weighted by molar-refractivity contribution is -0.125. The number of hydrogen-bond donors (Lipinski definition) is 1. The summed E-state index contributed by atoms with van der Waals surface area (Å²) >= 11 is 0. The van der Waals surface area contributed by atoms with Crippen LogP contribution in [-0.2, 0) is 4.79 Å². The molecule has 0 radical (unpaired) electrons. The monoisotopic (exact) mass is 221 g/mol. The molecule has 0 aromatic rings.